The highest BCUT2D eigenvalue weighted by Gasteiger charge is 2.11. The van der Waals surface area contributed by atoms with Crippen LogP contribution in [0, 0.1) is 12.7 Å². The second-order valence-corrected chi connectivity index (χ2v) is 3.91. The molecule has 19 heavy (non-hydrogen) atoms. The number of hydrogen-bond donors (Lipinski definition) is 1. The number of nitrogens with one attached hydrogen (secondary N) is 1. The van der Waals surface area contributed by atoms with Gasteiger partial charge in [0, 0.05) is 12.6 Å². The van der Waals surface area contributed by atoms with Crippen molar-refractivity contribution < 1.29 is 9.13 Å². The predicted molar refractivity (Wildman–Crippen MR) is 70.7 cm³/mol. The Morgan fingerprint density at radius 2 is 2.05 bits per heavy atom. The second-order valence-electron chi connectivity index (χ2n) is 3.91. The zero-order chi connectivity index (χ0) is 13.8. The van der Waals surface area contributed by atoms with Crippen LogP contribution in [0.1, 0.15) is 12.5 Å². The summed E-state index contributed by atoms with van der Waals surface area (Å²) in [6.07, 6.45) is 0. The van der Waals surface area contributed by atoms with E-state index < -0.39 is 0 Å². The SMILES string of the molecule is CCOc1nc(NC)nc(-c2ccc(F)cc2C)n1. The molecule has 0 aliphatic carbocycles. The molecule has 0 spiro atoms. The lowest BCUT2D eigenvalue weighted by atomic mass is 10.1. The number of aryl methyl sites for hydroxylation is 1. The van der Waals surface area contributed by atoms with Crippen molar-refractivity contribution in [2.45, 2.75) is 13.8 Å². The largest absolute Gasteiger partial charge is 0.464 e. The van der Waals surface area contributed by atoms with Crippen LogP contribution in [-0.2, 0) is 0 Å². The summed E-state index contributed by atoms with van der Waals surface area (Å²) in [7, 11) is 1.71. The fourth-order valence-corrected chi connectivity index (χ4v) is 1.66. The first kappa shape index (κ1) is 13.2. The molecule has 1 heterocycles. The smallest absolute Gasteiger partial charge is 0.321 e. The van der Waals surface area contributed by atoms with Gasteiger partial charge in [-0.1, -0.05) is 0 Å². The first-order valence-electron chi connectivity index (χ1n) is 5.97. The van der Waals surface area contributed by atoms with Crippen LogP contribution in [0.4, 0.5) is 10.3 Å². The number of hydrogen-bond acceptors (Lipinski definition) is 5. The van der Waals surface area contributed by atoms with Crippen molar-refractivity contribution >= 4 is 5.95 Å². The van der Waals surface area contributed by atoms with Crippen molar-refractivity contribution in [3.8, 4) is 17.4 Å². The van der Waals surface area contributed by atoms with Gasteiger partial charge >= 0.3 is 6.01 Å². The zero-order valence-corrected chi connectivity index (χ0v) is 11.1. The first-order valence-corrected chi connectivity index (χ1v) is 5.97. The monoisotopic (exact) mass is 262 g/mol. The molecule has 1 aromatic heterocycles. The maximum absolute atomic E-state index is 13.1. The zero-order valence-electron chi connectivity index (χ0n) is 11.1. The molecule has 2 rings (SSSR count). The number of rotatable bonds is 4. The third-order valence-corrected chi connectivity index (χ3v) is 2.54. The Labute approximate surface area is 110 Å². The van der Waals surface area contributed by atoms with Gasteiger partial charge < -0.3 is 10.1 Å². The van der Waals surface area contributed by atoms with E-state index in [1.165, 1.54) is 12.1 Å². The lowest BCUT2D eigenvalue weighted by Crippen LogP contribution is -2.05. The molecule has 0 unspecified atom stereocenters. The van der Waals surface area contributed by atoms with E-state index in [4.69, 9.17) is 4.74 Å². The van der Waals surface area contributed by atoms with Crippen molar-refractivity contribution in [2.24, 2.45) is 0 Å². The molecule has 0 saturated carbocycles. The molecule has 0 aliphatic rings. The minimum absolute atomic E-state index is 0.251. The predicted octanol–water partition coefficient (Wildman–Crippen LogP) is 2.43. The minimum Gasteiger partial charge on any atom is -0.464 e. The van der Waals surface area contributed by atoms with Gasteiger partial charge in [-0.15, -0.1) is 0 Å². The standard InChI is InChI=1S/C13H15FN4O/c1-4-19-13-17-11(16-12(15-3)18-13)10-6-5-9(14)7-8(10)2/h5-7H,4H2,1-3H3,(H,15,16,17,18). The highest BCUT2D eigenvalue weighted by molar-refractivity contribution is 5.61. The average Bonchev–Trinajstić information content (AvgIpc) is 2.38. The van der Waals surface area contributed by atoms with Crippen molar-refractivity contribution in [1.29, 1.82) is 0 Å². The summed E-state index contributed by atoms with van der Waals surface area (Å²) in [4.78, 5) is 12.6. The Morgan fingerprint density at radius 3 is 2.68 bits per heavy atom. The van der Waals surface area contributed by atoms with Gasteiger partial charge in [-0.2, -0.15) is 15.0 Å². The van der Waals surface area contributed by atoms with Gasteiger partial charge in [0.25, 0.3) is 0 Å². The lowest BCUT2D eigenvalue weighted by Gasteiger charge is -2.08. The van der Waals surface area contributed by atoms with Crippen LogP contribution in [0.25, 0.3) is 11.4 Å². The summed E-state index contributed by atoms with van der Waals surface area (Å²) in [6, 6.07) is 4.72. The van der Waals surface area contributed by atoms with Crippen LogP contribution < -0.4 is 10.1 Å². The Hall–Kier alpha value is -2.24. The van der Waals surface area contributed by atoms with Gasteiger partial charge in [0.2, 0.25) is 5.95 Å². The topological polar surface area (TPSA) is 59.9 Å². The molecule has 0 aliphatic heterocycles. The minimum atomic E-state index is -0.283. The van der Waals surface area contributed by atoms with Crippen LogP contribution in [0.15, 0.2) is 18.2 Å². The van der Waals surface area contributed by atoms with E-state index in [0.29, 0.717) is 18.4 Å². The van der Waals surface area contributed by atoms with Gasteiger partial charge in [0.05, 0.1) is 6.61 Å². The summed E-state index contributed by atoms with van der Waals surface area (Å²) < 4.78 is 18.4. The molecule has 0 atom stereocenters. The van der Waals surface area contributed by atoms with Crippen LogP contribution >= 0.6 is 0 Å². The molecule has 0 saturated heterocycles. The molecular formula is C13H15FN4O. The Balaban J connectivity index is 2.51. The maximum atomic E-state index is 13.1. The normalized spacial score (nSPS) is 10.3. The van der Waals surface area contributed by atoms with Gasteiger partial charge in [-0.3, -0.25) is 0 Å². The number of anilines is 1. The molecule has 100 valence electrons. The van der Waals surface area contributed by atoms with E-state index in [1.807, 2.05) is 13.8 Å². The van der Waals surface area contributed by atoms with Gasteiger partial charge in [-0.25, -0.2) is 4.39 Å². The molecule has 2 aromatic rings. The molecule has 6 heteroatoms. The third-order valence-electron chi connectivity index (χ3n) is 2.54. The number of nitrogens with zero attached hydrogens (tertiary/aromatic N) is 3. The average molecular weight is 262 g/mol. The first-order chi connectivity index (χ1) is 9.13. The number of benzene rings is 1. The van der Waals surface area contributed by atoms with E-state index in [1.54, 1.807) is 13.1 Å². The van der Waals surface area contributed by atoms with Crippen molar-refractivity contribution in [2.75, 3.05) is 19.0 Å². The summed E-state index contributed by atoms with van der Waals surface area (Å²) in [6.45, 7) is 4.13. The van der Waals surface area contributed by atoms with Crippen LogP contribution in [-0.4, -0.2) is 28.6 Å². The van der Waals surface area contributed by atoms with E-state index >= 15 is 0 Å². The lowest BCUT2D eigenvalue weighted by molar-refractivity contribution is 0.312. The van der Waals surface area contributed by atoms with E-state index in [2.05, 4.69) is 20.3 Å². The maximum Gasteiger partial charge on any atom is 0.321 e. The molecular weight excluding hydrogens is 247 g/mol. The Bertz CT molecular complexity index is 589. The third kappa shape index (κ3) is 2.96. The molecule has 0 bridgehead atoms. The molecule has 0 amide bonds. The van der Waals surface area contributed by atoms with Gasteiger partial charge in [0.1, 0.15) is 5.82 Å². The number of halogens is 1. The summed E-state index contributed by atoms with van der Waals surface area (Å²) in [5.41, 5.74) is 1.51. The summed E-state index contributed by atoms with van der Waals surface area (Å²) in [5.74, 6) is 0.589. The van der Waals surface area contributed by atoms with Crippen LogP contribution in [0.2, 0.25) is 0 Å². The number of ether oxygens (including phenoxy) is 1. The van der Waals surface area contributed by atoms with Crippen molar-refractivity contribution in [1.82, 2.24) is 15.0 Å². The molecule has 5 nitrogen and oxygen atoms in total. The molecule has 0 radical (unpaired) electrons. The van der Waals surface area contributed by atoms with E-state index in [0.717, 1.165) is 11.1 Å². The Kier molecular flexibility index (Phi) is 3.89. The van der Waals surface area contributed by atoms with Crippen molar-refractivity contribution in [3.05, 3.63) is 29.6 Å². The summed E-state index contributed by atoms with van der Waals surface area (Å²) in [5, 5.41) is 2.85. The molecule has 0 fully saturated rings. The second kappa shape index (κ2) is 5.60. The highest BCUT2D eigenvalue weighted by Crippen LogP contribution is 2.23. The van der Waals surface area contributed by atoms with Crippen LogP contribution in [0.5, 0.6) is 6.01 Å². The Morgan fingerprint density at radius 1 is 1.26 bits per heavy atom. The van der Waals surface area contributed by atoms with Crippen LogP contribution in [0.3, 0.4) is 0 Å². The quantitative estimate of drug-likeness (QED) is 0.917. The van der Waals surface area contributed by atoms with Gasteiger partial charge in [0.15, 0.2) is 5.82 Å². The van der Waals surface area contributed by atoms with Crippen molar-refractivity contribution in [3.63, 3.8) is 0 Å². The van der Waals surface area contributed by atoms with Gasteiger partial charge in [-0.05, 0) is 37.6 Å². The highest BCUT2D eigenvalue weighted by atomic mass is 19.1. The molecule has 1 N–H and O–H groups in total. The van der Waals surface area contributed by atoms with E-state index in [9.17, 15) is 4.39 Å². The summed E-state index contributed by atoms with van der Waals surface area (Å²) >= 11 is 0. The fourth-order valence-electron chi connectivity index (χ4n) is 1.66. The fraction of sp³-hybridized carbons (Fsp3) is 0.308. The number of aromatic nitrogens is 3. The van der Waals surface area contributed by atoms with E-state index in [-0.39, 0.29) is 11.8 Å². The molecule has 1 aromatic carbocycles.